The zero-order valence-electron chi connectivity index (χ0n) is 10.3. The highest BCUT2D eigenvalue weighted by atomic mass is 79.9. The Morgan fingerprint density at radius 3 is 2.76 bits per heavy atom. The quantitative estimate of drug-likeness (QED) is 0.911. The molecule has 0 radical (unpaired) electrons. The number of aliphatic hydroxyl groups excluding tert-OH is 1. The molecule has 2 atom stereocenters. The molecule has 1 N–H and O–H groups in total. The first-order valence-corrected chi connectivity index (χ1v) is 7.09. The summed E-state index contributed by atoms with van der Waals surface area (Å²) in [6.07, 6.45) is 2.65. The minimum atomic E-state index is -0.391. The highest BCUT2D eigenvalue weighted by Gasteiger charge is 2.30. The number of benzene rings is 1. The van der Waals surface area contributed by atoms with Crippen LogP contribution in [0.2, 0.25) is 0 Å². The summed E-state index contributed by atoms with van der Waals surface area (Å²) >= 11 is 3.44. The minimum Gasteiger partial charge on any atom is -0.490 e. The number of aliphatic hydroxyl groups is 1. The van der Waals surface area contributed by atoms with Crippen LogP contribution in [0.25, 0.3) is 0 Å². The molecule has 0 fully saturated rings. The van der Waals surface area contributed by atoms with Crippen LogP contribution in [-0.4, -0.2) is 11.2 Å². The lowest BCUT2D eigenvalue weighted by Gasteiger charge is -2.34. The van der Waals surface area contributed by atoms with Crippen LogP contribution >= 0.6 is 15.9 Å². The van der Waals surface area contributed by atoms with E-state index < -0.39 is 6.10 Å². The zero-order chi connectivity index (χ0) is 12.4. The average molecular weight is 299 g/mol. The maximum absolute atomic E-state index is 10.2. The van der Waals surface area contributed by atoms with Gasteiger partial charge in [-0.2, -0.15) is 0 Å². The maximum Gasteiger partial charge on any atom is 0.126 e. The summed E-state index contributed by atoms with van der Waals surface area (Å²) in [5.41, 5.74) is 0.912. The molecule has 1 aliphatic heterocycles. The molecule has 1 aromatic carbocycles. The van der Waals surface area contributed by atoms with Gasteiger partial charge in [0.25, 0.3) is 0 Å². The Balaban J connectivity index is 2.25. The van der Waals surface area contributed by atoms with Crippen molar-refractivity contribution in [3.05, 3.63) is 28.2 Å². The van der Waals surface area contributed by atoms with Crippen LogP contribution in [0.5, 0.6) is 5.75 Å². The molecule has 0 saturated carbocycles. The van der Waals surface area contributed by atoms with Crippen LogP contribution < -0.4 is 4.74 Å². The van der Waals surface area contributed by atoms with Gasteiger partial charge in [0, 0.05) is 16.5 Å². The summed E-state index contributed by atoms with van der Waals surface area (Å²) in [5.74, 6) is 1.35. The number of hydrogen-bond donors (Lipinski definition) is 1. The van der Waals surface area contributed by atoms with Gasteiger partial charge >= 0.3 is 0 Å². The molecule has 1 aromatic rings. The third-order valence-electron chi connectivity index (χ3n) is 3.64. The first-order chi connectivity index (χ1) is 8.15. The molecule has 0 amide bonds. The summed E-state index contributed by atoms with van der Waals surface area (Å²) in [6, 6.07) is 5.84. The van der Waals surface area contributed by atoms with E-state index in [1.54, 1.807) is 0 Å². The van der Waals surface area contributed by atoms with Crippen LogP contribution in [0, 0.1) is 5.92 Å². The molecule has 1 heterocycles. The van der Waals surface area contributed by atoms with Crippen molar-refractivity contribution < 1.29 is 9.84 Å². The molecule has 2 rings (SSSR count). The monoisotopic (exact) mass is 298 g/mol. The molecular weight excluding hydrogens is 280 g/mol. The highest BCUT2D eigenvalue weighted by Crippen LogP contribution is 2.39. The molecular formula is C14H19BrO2. The topological polar surface area (TPSA) is 29.5 Å². The summed E-state index contributed by atoms with van der Waals surface area (Å²) < 4.78 is 7.03. The van der Waals surface area contributed by atoms with Gasteiger partial charge in [0.1, 0.15) is 11.9 Å². The Bertz CT molecular complexity index is 388. The third-order valence-corrected chi connectivity index (χ3v) is 4.14. The standard InChI is InChI=1S/C14H19BrO2/c1-3-9(4-2)13-8-12(16)11-6-5-10(15)7-14(11)17-13/h5-7,9,12-13,16H,3-4,8H2,1-2H3. The van der Waals surface area contributed by atoms with E-state index in [-0.39, 0.29) is 6.10 Å². The highest BCUT2D eigenvalue weighted by molar-refractivity contribution is 9.10. The number of ether oxygens (including phenoxy) is 1. The van der Waals surface area contributed by atoms with Crippen molar-refractivity contribution in [1.82, 2.24) is 0 Å². The van der Waals surface area contributed by atoms with Crippen LogP contribution in [-0.2, 0) is 0 Å². The predicted molar refractivity (Wildman–Crippen MR) is 72.2 cm³/mol. The van der Waals surface area contributed by atoms with Crippen molar-refractivity contribution in [3.8, 4) is 5.75 Å². The van der Waals surface area contributed by atoms with E-state index in [1.165, 1.54) is 0 Å². The molecule has 94 valence electrons. The Hall–Kier alpha value is -0.540. The van der Waals surface area contributed by atoms with E-state index in [0.29, 0.717) is 12.3 Å². The van der Waals surface area contributed by atoms with E-state index in [0.717, 1.165) is 28.6 Å². The van der Waals surface area contributed by atoms with Crippen molar-refractivity contribution in [1.29, 1.82) is 0 Å². The molecule has 3 heteroatoms. The lowest BCUT2D eigenvalue weighted by atomic mass is 9.88. The van der Waals surface area contributed by atoms with Crippen LogP contribution in [0.3, 0.4) is 0 Å². The molecule has 17 heavy (non-hydrogen) atoms. The van der Waals surface area contributed by atoms with Gasteiger partial charge < -0.3 is 9.84 Å². The first-order valence-electron chi connectivity index (χ1n) is 6.29. The van der Waals surface area contributed by atoms with Crippen LogP contribution in [0.15, 0.2) is 22.7 Å². The molecule has 2 nitrogen and oxygen atoms in total. The molecule has 0 aliphatic carbocycles. The van der Waals surface area contributed by atoms with E-state index in [9.17, 15) is 5.11 Å². The number of hydrogen-bond acceptors (Lipinski definition) is 2. The van der Waals surface area contributed by atoms with Crippen molar-refractivity contribution in [2.45, 2.75) is 45.3 Å². The fourth-order valence-corrected chi connectivity index (χ4v) is 2.89. The van der Waals surface area contributed by atoms with E-state index >= 15 is 0 Å². The number of fused-ring (bicyclic) bond motifs is 1. The SMILES string of the molecule is CCC(CC)C1CC(O)c2ccc(Br)cc2O1. The first kappa shape index (κ1) is 12.9. The molecule has 0 saturated heterocycles. The van der Waals surface area contributed by atoms with Gasteiger partial charge in [0.05, 0.1) is 6.10 Å². The average Bonchev–Trinajstić information content (AvgIpc) is 2.30. The Morgan fingerprint density at radius 1 is 1.41 bits per heavy atom. The Kier molecular flexibility index (Phi) is 4.10. The second-order valence-electron chi connectivity index (χ2n) is 4.67. The van der Waals surface area contributed by atoms with E-state index in [4.69, 9.17) is 4.74 Å². The van der Waals surface area contributed by atoms with Crippen molar-refractivity contribution in [2.24, 2.45) is 5.92 Å². The van der Waals surface area contributed by atoms with Gasteiger partial charge in [-0.05, 0) is 30.9 Å². The lowest BCUT2D eigenvalue weighted by molar-refractivity contribution is 0.0317. The zero-order valence-corrected chi connectivity index (χ0v) is 11.9. The summed E-state index contributed by atoms with van der Waals surface area (Å²) in [5, 5.41) is 10.2. The summed E-state index contributed by atoms with van der Waals surface area (Å²) in [7, 11) is 0. The van der Waals surface area contributed by atoms with Gasteiger partial charge in [-0.25, -0.2) is 0 Å². The van der Waals surface area contributed by atoms with Gasteiger partial charge in [0.2, 0.25) is 0 Å². The van der Waals surface area contributed by atoms with E-state index in [2.05, 4.69) is 29.8 Å². The summed E-state index contributed by atoms with van der Waals surface area (Å²) in [4.78, 5) is 0. The number of halogens is 1. The second-order valence-corrected chi connectivity index (χ2v) is 5.58. The lowest BCUT2D eigenvalue weighted by Crippen LogP contribution is -2.32. The second kappa shape index (κ2) is 5.40. The Labute approximate surface area is 111 Å². The normalized spacial score (nSPS) is 23.4. The minimum absolute atomic E-state index is 0.141. The fourth-order valence-electron chi connectivity index (χ4n) is 2.55. The van der Waals surface area contributed by atoms with Gasteiger partial charge in [0.15, 0.2) is 0 Å². The number of rotatable bonds is 3. The van der Waals surface area contributed by atoms with Gasteiger partial charge in [-0.3, -0.25) is 0 Å². The van der Waals surface area contributed by atoms with Crippen LogP contribution in [0.1, 0.15) is 44.8 Å². The molecule has 0 spiro atoms. The molecule has 1 aliphatic rings. The van der Waals surface area contributed by atoms with E-state index in [1.807, 2.05) is 18.2 Å². The largest absolute Gasteiger partial charge is 0.490 e. The Morgan fingerprint density at radius 2 is 2.12 bits per heavy atom. The fraction of sp³-hybridized carbons (Fsp3) is 0.571. The summed E-state index contributed by atoms with van der Waals surface area (Å²) in [6.45, 7) is 4.36. The third kappa shape index (κ3) is 2.66. The van der Waals surface area contributed by atoms with Gasteiger partial charge in [-0.15, -0.1) is 0 Å². The van der Waals surface area contributed by atoms with Gasteiger partial charge in [-0.1, -0.05) is 35.8 Å². The van der Waals surface area contributed by atoms with Crippen molar-refractivity contribution >= 4 is 15.9 Å². The van der Waals surface area contributed by atoms with Crippen molar-refractivity contribution in [3.63, 3.8) is 0 Å². The molecule has 2 unspecified atom stereocenters. The smallest absolute Gasteiger partial charge is 0.126 e. The molecule has 0 aromatic heterocycles. The van der Waals surface area contributed by atoms with Crippen molar-refractivity contribution in [2.75, 3.05) is 0 Å². The maximum atomic E-state index is 10.2. The molecule has 0 bridgehead atoms. The predicted octanol–water partition coefficient (Wildman–Crippen LogP) is 4.07. The van der Waals surface area contributed by atoms with Crippen LogP contribution in [0.4, 0.5) is 0 Å².